The molecule has 0 saturated carbocycles. The summed E-state index contributed by atoms with van der Waals surface area (Å²) in [5, 5.41) is 15.9. The minimum Gasteiger partial charge on any atom is -0.480 e. The molecular weight excluding hydrogens is 320 g/mol. The Kier molecular flexibility index (Phi) is 5.61. The Labute approximate surface area is 118 Å². The van der Waals surface area contributed by atoms with Gasteiger partial charge < -0.3 is 15.7 Å². The van der Waals surface area contributed by atoms with E-state index in [0.29, 0.717) is 6.54 Å². The van der Waals surface area contributed by atoms with Crippen molar-refractivity contribution in [1.29, 1.82) is 0 Å². The van der Waals surface area contributed by atoms with E-state index < -0.39 is 18.0 Å². The highest BCUT2D eigenvalue weighted by molar-refractivity contribution is 9.10. The van der Waals surface area contributed by atoms with E-state index in [4.69, 9.17) is 5.11 Å². The normalized spacial score (nSPS) is 12.2. The second-order valence-corrected chi connectivity index (χ2v) is 5.93. The van der Waals surface area contributed by atoms with Crippen molar-refractivity contribution in [3.05, 3.63) is 20.8 Å². The van der Waals surface area contributed by atoms with Crippen LogP contribution in [0.4, 0.5) is 4.79 Å². The van der Waals surface area contributed by atoms with Crippen molar-refractivity contribution in [2.24, 2.45) is 5.92 Å². The fourth-order valence-electron chi connectivity index (χ4n) is 1.32. The van der Waals surface area contributed by atoms with Gasteiger partial charge in [-0.15, -0.1) is 11.3 Å². The van der Waals surface area contributed by atoms with E-state index in [2.05, 4.69) is 26.6 Å². The maximum Gasteiger partial charge on any atom is 0.326 e. The summed E-state index contributed by atoms with van der Waals surface area (Å²) in [6, 6.07) is 0.543. The fourth-order valence-corrected chi connectivity index (χ4v) is 2.75. The van der Waals surface area contributed by atoms with Gasteiger partial charge in [0, 0.05) is 9.35 Å². The third-order valence-corrected chi connectivity index (χ3v) is 4.25. The zero-order valence-electron chi connectivity index (χ0n) is 10.1. The van der Waals surface area contributed by atoms with Gasteiger partial charge >= 0.3 is 12.0 Å². The molecule has 0 aliphatic heterocycles. The van der Waals surface area contributed by atoms with Crippen molar-refractivity contribution >= 4 is 39.3 Å². The molecule has 0 aliphatic carbocycles. The average molecular weight is 335 g/mol. The molecule has 1 aromatic rings. The van der Waals surface area contributed by atoms with Gasteiger partial charge in [0.15, 0.2) is 0 Å². The second kappa shape index (κ2) is 6.75. The molecule has 0 bridgehead atoms. The van der Waals surface area contributed by atoms with Crippen LogP contribution in [0.1, 0.15) is 18.7 Å². The molecule has 1 rings (SSSR count). The van der Waals surface area contributed by atoms with Crippen LogP contribution in [0.3, 0.4) is 0 Å². The molecule has 0 aliphatic rings. The maximum atomic E-state index is 11.6. The van der Waals surface area contributed by atoms with Gasteiger partial charge in [0.05, 0.1) is 6.54 Å². The van der Waals surface area contributed by atoms with Crippen molar-refractivity contribution in [3.63, 3.8) is 0 Å². The number of aliphatic carboxylic acids is 1. The summed E-state index contributed by atoms with van der Waals surface area (Å²) in [7, 11) is 0. The number of carbonyl (C=O) groups excluding carboxylic acids is 1. The largest absolute Gasteiger partial charge is 0.480 e. The van der Waals surface area contributed by atoms with Crippen LogP contribution in [0, 0.1) is 5.92 Å². The molecule has 0 aromatic carbocycles. The van der Waals surface area contributed by atoms with Gasteiger partial charge in [0.25, 0.3) is 0 Å². The van der Waals surface area contributed by atoms with Gasteiger partial charge in [-0.2, -0.15) is 0 Å². The van der Waals surface area contributed by atoms with Crippen LogP contribution in [0.5, 0.6) is 0 Å². The SMILES string of the molecule is CC(C)[C@@H](NC(=O)NCc1sccc1Br)C(=O)O. The lowest BCUT2D eigenvalue weighted by Crippen LogP contribution is -2.48. The number of hydrogen-bond donors (Lipinski definition) is 3. The van der Waals surface area contributed by atoms with E-state index in [1.54, 1.807) is 13.8 Å². The molecule has 0 fully saturated rings. The van der Waals surface area contributed by atoms with Crippen molar-refractivity contribution in [2.75, 3.05) is 0 Å². The molecule has 100 valence electrons. The first-order valence-corrected chi connectivity index (χ1v) is 7.08. The Morgan fingerprint density at radius 2 is 2.17 bits per heavy atom. The molecule has 18 heavy (non-hydrogen) atoms. The molecule has 0 radical (unpaired) electrons. The van der Waals surface area contributed by atoms with Crippen LogP contribution < -0.4 is 10.6 Å². The van der Waals surface area contributed by atoms with Crippen LogP contribution in [0.25, 0.3) is 0 Å². The smallest absolute Gasteiger partial charge is 0.326 e. The molecule has 3 N–H and O–H groups in total. The quantitative estimate of drug-likeness (QED) is 0.773. The Bertz CT molecular complexity index is 434. The van der Waals surface area contributed by atoms with E-state index in [-0.39, 0.29) is 5.92 Å². The molecule has 1 atom stereocenters. The third-order valence-electron chi connectivity index (χ3n) is 2.32. The predicted molar refractivity (Wildman–Crippen MR) is 73.7 cm³/mol. The number of halogens is 1. The first-order valence-electron chi connectivity index (χ1n) is 5.41. The summed E-state index contributed by atoms with van der Waals surface area (Å²) in [5.74, 6) is -1.20. The van der Waals surface area contributed by atoms with Gasteiger partial charge in [-0.1, -0.05) is 13.8 Å². The highest BCUT2D eigenvalue weighted by atomic mass is 79.9. The third kappa shape index (κ3) is 4.30. The summed E-state index contributed by atoms with van der Waals surface area (Å²) in [4.78, 5) is 23.5. The molecule has 1 heterocycles. The van der Waals surface area contributed by atoms with Crippen LogP contribution >= 0.6 is 27.3 Å². The summed E-state index contributed by atoms with van der Waals surface area (Å²) >= 11 is 4.88. The molecule has 0 unspecified atom stereocenters. The topological polar surface area (TPSA) is 78.4 Å². The van der Waals surface area contributed by atoms with Gasteiger partial charge in [0.1, 0.15) is 6.04 Å². The Balaban J connectivity index is 2.46. The second-order valence-electron chi connectivity index (χ2n) is 4.08. The van der Waals surface area contributed by atoms with Crippen molar-refractivity contribution < 1.29 is 14.7 Å². The van der Waals surface area contributed by atoms with Crippen LogP contribution in [0.15, 0.2) is 15.9 Å². The van der Waals surface area contributed by atoms with Crippen LogP contribution in [-0.2, 0) is 11.3 Å². The van der Waals surface area contributed by atoms with Gasteiger partial charge in [-0.05, 0) is 33.3 Å². The zero-order chi connectivity index (χ0) is 13.7. The number of hydrogen-bond acceptors (Lipinski definition) is 3. The number of nitrogens with one attached hydrogen (secondary N) is 2. The molecule has 2 amide bonds. The number of urea groups is 1. The number of thiophene rings is 1. The predicted octanol–water partition coefficient (Wildman–Crippen LogP) is 2.42. The van der Waals surface area contributed by atoms with E-state index in [0.717, 1.165) is 9.35 Å². The Morgan fingerprint density at radius 3 is 2.61 bits per heavy atom. The van der Waals surface area contributed by atoms with E-state index >= 15 is 0 Å². The first-order chi connectivity index (χ1) is 8.41. The number of carbonyl (C=O) groups is 2. The van der Waals surface area contributed by atoms with Crippen molar-refractivity contribution in [3.8, 4) is 0 Å². The minimum atomic E-state index is -1.03. The lowest BCUT2D eigenvalue weighted by atomic mass is 10.1. The zero-order valence-corrected chi connectivity index (χ0v) is 12.5. The summed E-state index contributed by atoms with van der Waals surface area (Å²) in [6.07, 6.45) is 0. The summed E-state index contributed by atoms with van der Waals surface area (Å²) < 4.78 is 0.937. The molecule has 1 aromatic heterocycles. The van der Waals surface area contributed by atoms with Crippen molar-refractivity contribution in [1.82, 2.24) is 10.6 Å². The van der Waals surface area contributed by atoms with Gasteiger partial charge in [0.2, 0.25) is 0 Å². The fraction of sp³-hybridized carbons (Fsp3) is 0.455. The average Bonchev–Trinajstić information content (AvgIpc) is 2.68. The standard InChI is InChI=1S/C11H15BrN2O3S/c1-6(2)9(10(15)16)14-11(17)13-5-8-7(12)3-4-18-8/h3-4,6,9H,5H2,1-2H3,(H,15,16)(H2,13,14,17)/t9-/m1/s1. The number of carboxylic acids is 1. The lowest BCUT2D eigenvalue weighted by molar-refractivity contribution is -0.140. The number of carboxylic acid groups (broad SMARTS) is 1. The number of rotatable bonds is 5. The summed E-state index contributed by atoms with van der Waals surface area (Å²) in [5.41, 5.74) is 0. The van der Waals surface area contributed by atoms with Gasteiger partial charge in [-0.25, -0.2) is 9.59 Å². The molecule has 7 heteroatoms. The van der Waals surface area contributed by atoms with Crippen LogP contribution in [-0.4, -0.2) is 23.1 Å². The lowest BCUT2D eigenvalue weighted by Gasteiger charge is -2.18. The van der Waals surface area contributed by atoms with E-state index in [9.17, 15) is 9.59 Å². The molecule has 0 spiro atoms. The van der Waals surface area contributed by atoms with E-state index in [1.807, 2.05) is 11.4 Å². The van der Waals surface area contributed by atoms with Gasteiger partial charge in [-0.3, -0.25) is 0 Å². The monoisotopic (exact) mass is 334 g/mol. The molecule has 5 nitrogen and oxygen atoms in total. The molecule has 0 saturated heterocycles. The summed E-state index contributed by atoms with van der Waals surface area (Å²) in [6.45, 7) is 3.86. The highest BCUT2D eigenvalue weighted by Gasteiger charge is 2.23. The molecular formula is C11H15BrN2O3S. The first kappa shape index (κ1) is 15.0. The number of amides is 2. The highest BCUT2D eigenvalue weighted by Crippen LogP contribution is 2.22. The maximum absolute atomic E-state index is 11.6. The van der Waals surface area contributed by atoms with Crippen LogP contribution in [0.2, 0.25) is 0 Å². The van der Waals surface area contributed by atoms with E-state index in [1.165, 1.54) is 11.3 Å². The Hall–Kier alpha value is -1.08. The minimum absolute atomic E-state index is 0.165. The van der Waals surface area contributed by atoms with Crippen molar-refractivity contribution in [2.45, 2.75) is 26.4 Å². The Morgan fingerprint density at radius 1 is 1.50 bits per heavy atom.